The normalized spacial score (nSPS) is 21.8. The molecular weight excluding hydrogens is 300 g/mol. The van der Waals surface area contributed by atoms with Crippen LogP contribution in [0.2, 0.25) is 0 Å². The molecule has 130 valence electrons. The van der Waals surface area contributed by atoms with Crippen molar-refractivity contribution in [3.8, 4) is 0 Å². The molecular formula is C17H26O6. The molecule has 6 heteroatoms. The van der Waals surface area contributed by atoms with Crippen LogP contribution in [0.25, 0.3) is 0 Å². The van der Waals surface area contributed by atoms with E-state index < -0.39 is 29.6 Å². The number of rotatable bonds is 7. The molecule has 1 unspecified atom stereocenters. The van der Waals surface area contributed by atoms with Gasteiger partial charge in [0.1, 0.15) is 18.6 Å². The third kappa shape index (κ3) is 6.52. The van der Waals surface area contributed by atoms with Gasteiger partial charge in [0.05, 0.1) is 12.2 Å². The van der Waals surface area contributed by atoms with Crippen LogP contribution >= 0.6 is 0 Å². The molecule has 0 saturated heterocycles. The van der Waals surface area contributed by atoms with Gasteiger partial charge in [0.15, 0.2) is 5.78 Å². The molecule has 23 heavy (non-hydrogen) atoms. The van der Waals surface area contributed by atoms with E-state index in [1.807, 2.05) is 20.8 Å². The van der Waals surface area contributed by atoms with Crippen molar-refractivity contribution >= 4 is 17.7 Å². The second-order valence-electron chi connectivity index (χ2n) is 6.53. The summed E-state index contributed by atoms with van der Waals surface area (Å²) in [4.78, 5) is 35.7. The van der Waals surface area contributed by atoms with E-state index in [-0.39, 0.29) is 24.9 Å². The fourth-order valence-corrected chi connectivity index (χ4v) is 2.39. The van der Waals surface area contributed by atoms with Crippen LogP contribution in [0.4, 0.5) is 0 Å². The van der Waals surface area contributed by atoms with Crippen LogP contribution in [0, 0.1) is 11.8 Å². The van der Waals surface area contributed by atoms with Gasteiger partial charge in [-0.05, 0) is 40.2 Å². The molecule has 0 aromatic carbocycles. The number of ketones is 1. The first-order valence-corrected chi connectivity index (χ1v) is 7.83. The van der Waals surface area contributed by atoms with E-state index >= 15 is 0 Å². The Labute approximate surface area is 137 Å². The molecule has 0 saturated carbocycles. The van der Waals surface area contributed by atoms with E-state index in [4.69, 9.17) is 14.2 Å². The molecule has 0 aromatic rings. The third-order valence-corrected chi connectivity index (χ3v) is 3.36. The second kappa shape index (κ2) is 8.24. The molecule has 6 nitrogen and oxygen atoms in total. The highest BCUT2D eigenvalue weighted by Gasteiger charge is 2.38. The minimum atomic E-state index is -0.936. The molecule has 0 fully saturated rings. The largest absolute Gasteiger partial charge is 0.465 e. The van der Waals surface area contributed by atoms with Crippen LogP contribution in [0.1, 0.15) is 41.0 Å². The van der Waals surface area contributed by atoms with E-state index in [9.17, 15) is 14.4 Å². The summed E-state index contributed by atoms with van der Waals surface area (Å²) in [6, 6.07) is 0. The average Bonchev–Trinajstić information content (AvgIpc) is 2.83. The van der Waals surface area contributed by atoms with Crippen LogP contribution < -0.4 is 0 Å². The third-order valence-electron chi connectivity index (χ3n) is 3.36. The number of carbonyl (C=O) groups excluding carboxylic acids is 3. The maximum Gasteiger partial charge on any atom is 0.317 e. The number of carbonyl (C=O) groups is 3. The van der Waals surface area contributed by atoms with Gasteiger partial charge in [-0.1, -0.05) is 6.08 Å². The Kier molecular flexibility index (Phi) is 6.94. The zero-order valence-electron chi connectivity index (χ0n) is 14.5. The molecule has 0 bridgehead atoms. The highest BCUT2D eigenvalue weighted by atomic mass is 16.5. The van der Waals surface area contributed by atoms with Gasteiger partial charge >= 0.3 is 11.9 Å². The molecule has 0 spiro atoms. The predicted molar refractivity (Wildman–Crippen MR) is 83.6 cm³/mol. The van der Waals surface area contributed by atoms with Gasteiger partial charge in [-0.15, -0.1) is 0 Å². The van der Waals surface area contributed by atoms with Crippen molar-refractivity contribution in [3.63, 3.8) is 0 Å². The summed E-state index contributed by atoms with van der Waals surface area (Å²) < 4.78 is 15.6. The topological polar surface area (TPSA) is 78.9 Å². The molecule has 0 amide bonds. The minimum Gasteiger partial charge on any atom is -0.465 e. The molecule has 0 aliphatic heterocycles. The lowest BCUT2D eigenvalue weighted by Crippen LogP contribution is -2.36. The molecule has 1 aliphatic rings. The smallest absolute Gasteiger partial charge is 0.317 e. The van der Waals surface area contributed by atoms with Crippen molar-refractivity contribution in [1.82, 2.24) is 0 Å². The van der Waals surface area contributed by atoms with E-state index in [1.165, 1.54) is 6.92 Å². The van der Waals surface area contributed by atoms with E-state index in [0.717, 1.165) is 0 Å². The Hall–Kier alpha value is -1.69. The monoisotopic (exact) mass is 326 g/mol. The lowest BCUT2D eigenvalue weighted by atomic mass is 9.88. The van der Waals surface area contributed by atoms with Crippen LogP contribution in [0.5, 0.6) is 0 Å². The number of Topliss-reactive ketones (excluding diaryl/α,β-unsaturated/α-hetero) is 1. The van der Waals surface area contributed by atoms with Gasteiger partial charge in [0.25, 0.3) is 0 Å². The Morgan fingerprint density at radius 3 is 2.39 bits per heavy atom. The maximum absolute atomic E-state index is 12.5. The Bertz CT molecular complexity index is 474. The lowest BCUT2D eigenvalue weighted by molar-refractivity contribution is -0.156. The van der Waals surface area contributed by atoms with E-state index in [0.29, 0.717) is 6.42 Å². The van der Waals surface area contributed by atoms with Gasteiger partial charge in [-0.3, -0.25) is 14.4 Å². The number of hydrogen-bond acceptors (Lipinski definition) is 6. The van der Waals surface area contributed by atoms with Crippen molar-refractivity contribution < 1.29 is 28.6 Å². The molecule has 1 rings (SSSR count). The van der Waals surface area contributed by atoms with Crippen LogP contribution in [-0.4, -0.2) is 42.6 Å². The standard InChI is InChI=1S/C17H26O6/c1-6-21-16(20)15(14(19)10-22-17(3,4)5)12-7-8-13(9-12)23-11(2)18/h7-8,12-13,15H,6,9-10H2,1-5H3/t12-,13+,15?/m1/s1. The first-order valence-electron chi connectivity index (χ1n) is 7.83. The van der Waals surface area contributed by atoms with Gasteiger partial charge in [0.2, 0.25) is 0 Å². The van der Waals surface area contributed by atoms with E-state index in [2.05, 4.69) is 0 Å². The molecule has 0 heterocycles. The molecule has 3 atom stereocenters. The lowest BCUT2D eigenvalue weighted by Gasteiger charge is -2.24. The average molecular weight is 326 g/mol. The first kappa shape index (κ1) is 19.4. The Morgan fingerprint density at radius 2 is 1.87 bits per heavy atom. The quantitative estimate of drug-likeness (QED) is 0.405. The molecule has 0 radical (unpaired) electrons. The summed E-state index contributed by atoms with van der Waals surface area (Å²) in [5, 5.41) is 0. The Balaban J connectivity index is 2.78. The van der Waals surface area contributed by atoms with Crippen LogP contribution in [0.15, 0.2) is 12.2 Å². The summed E-state index contributed by atoms with van der Waals surface area (Å²) in [5.74, 6) is -2.57. The maximum atomic E-state index is 12.5. The van der Waals surface area contributed by atoms with Crippen LogP contribution in [0.3, 0.4) is 0 Å². The van der Waals surface area contributed by atoms with E-state index in [1.54, 1.807) is 19.1 Å². The zero-order valence-corrected chi connectivity index (χ0v) is 14.5. The fourth-order valence-electron chi connectivity index (χ4n) is 2.39. The molecule has 1 aliphatic carbocycles. The first-order chi connectivity index (χ1) is 10.6. The fraction of sp³-hybridized carbons (Fsp3) is 0.706. The number of hydrogen-bond donors (Lipinski definition) is 0. The summed E-state index contributed by atoms with van der Waals surface area (Å²) in [6.45, 7) is 8.58. The predicted octanol–water partition coefficient (Wildman–Crippen LogP) is 2.06. The van der Waals surface area contributed by atoms with Crippen molar-refractivity contribution in [2.45, 2.75) is 52.7 Å². The Morgan fingerprint density at radius 1 is 1.22 bits per heavy atom. The number of esters is 2. The van der Waals surface area contributed by atoms with Crippen molar-refractivity contribution in [2.75, 3.05) is 13.2 Å². The SMILES string of the molecule is CCOC(=O)C(C(=O)COC(C)(C)C)[C@@H]1C=C[C@H](OC(C)=O)C1. The van der Waals surface area contributed by atoms with Gasteiger partial charge in [-0.2, -0.15) is 0 Å². The van der Waals surface area contributed by atoms with Gasteiger partial charge in [-0.25, -0.2) is 0 Å². The molecule has 0 N–H and O–H groups in total. The summed E-state index contributed by atoms with van der Waals surface area (Å²) in [7, 11) is 0. The summed E-state index contributed by atoms with van der Waals surface area (Å²) in [5.41, 5.74) is -0.472. The van der Waals surface area contributed by atoms with Crippen molar-refractivity contribution in [1.29, 1.82) is 0 Å². The van der Waals surface area contributed by atoms with Crippen molar-refractivity contribution in [3.05, 3.63) is 12.2 Å². The molecule has 0 aromatic heterocycles. The number of allylic oxidation sites excluding steroid dienone is 1. The van der Waals surface area contributed by atoms with Gasteiger partial charge < -0.3 is 14.2 Å². The van der Waals surface area contributed by atoms with Crippen LogP contribution in [-0.2, 0) is 28.6 Å². The summed E-state index contributed by atoms with van der Waals surface area (Å²) in [6.07, 6.45) is 3.43. The number of ether oxygens (including phenoxy) is 3. The summed E-state index contributed by atoms with van der Waals surface area (Å²) >= 11 is 0. The van der Waals surface area contributed by atoms with Crippen molar-refractivity contribution in [2.24, 2.45) is 11.8 Å². The minimum absolute atomic E-state index is 0.157. The highest BCUT2D eigenvalue weighted by molar-refractivity contribution is 6.00. The van der Waals surface area contributed by atoms with Gasteiger partial charge in [0, 0.05) is 12.8 Å². The second-order valence-corrected chi connectivity index (χ2v) is 6.53. The zero-order chi connectivity index (χ0) is 17.6. The highest BCUT2D eigenvalue weighted by Crippen LogP contribution is 2.29.